The molecule has 3 heterocycles. The first-order valence-corrected chi connectivity index (χ1v) is 9.77. The first kappa shape index (κ1) is 17.4. The molecule has 0 saturated carbocycles. The number of benzene rings is 1. The predicted molar refractivity (Wildman–Crippen MR) is 103 cm³/mol. The minimum absolute atomic E-state index is 0.0938. The summed E-state index contributed by atoms with van der Waals surface area (Å²) in [6.45, 7) is 2.19. The molecule has 0 unspecified atom stereocenters. The van der Waals surface area contributed by atoms with E-state index in [9.17, 15) is 9.59 Å². The maximum atomic E-state index is 12.7. The van der Waals surface area contributed by atoms with Gasteiger partial charge in [0.15, 0.2) is 11.5 Å². The number of ether oxygens (including phenoxy) is 2. The third kappa shape index (κ3) is 3.43. The molecular formula is C18H18N2O4S2. The van der Waals surface area contributed by atoms with Crippen LogP contribution >= 0.6 is 24.0 Å². The van der Waals surface area contributed by atoms with Crippen LogP contribution in [-0.2, 0) is 9.59 Å². The fourth-order valence-electron chi connectivity index (χ4n) is 3.18. The molecule has 1 aromatic rings. The summed E-state index contributed by atoms with van der Waals surface area (Å²) in [4.78, 5) is 28.8. The van der Waals surface area contributed by atoms with Crippen LogP contribution in [-0.4, -0.2) is 52.4 Å². The second-order valence-electron chi connectivity index (χ2n) is 6.28. The lowest BCUT2D eigenvalue weighted by Gasteiger charge is -2.18. The van der Waals surface area contributed by atoms with Gasteiger partial charge in [0.05, 0.1) is 4.91 Å². The van der Waals surface area contributed by atoms with E-state index in [0.717, 1.165) is 31.5 Å². The summed E-state index contributed by atoms with van der Waals surface area (Å²) in [5.74, 6) is 1.32. The summed E-state index contributed by atoms with van der Waals surface area (Å²) < 4.78 is 11.2. The molecule has 8 heteroatoms. The number of carbonyl (C=O) groups excluding carboxylic acids is 2. The van der Waals surface area contributed by atoms with E-state index in [1.165, 1.54) is 16.7 Å². The first-order valence-electron chi connectivity index (χ1n) is 8.54. The normalized spacial score (nSPS) is 20.5. The summed E-state index contributed by atoms with van der Waals surface area (Å²) in [6.07, 6.45) is 4.23. The zero-order chi connectivity index (χ0) is 18.1. The average molecular weight is 390 g/mol. The summed E-state index contributed by atoms with van der Waals surface area (Å²) >= 11 is 6.60. The molecule has 136 valence electrons. The van der Waals surface area contributed by atoms with E-state index < -0.39 is 0 Å². The van der Waals surface area contributed by atoms with Crippen LogP contribution in [0.5, 0.6) is 11.5 Å². The Hall–Kier alpha value is -2.06. The molecule has 0 atom stereocenters. The number of hydrogen-bond donors (Lipinski definition) is 0. The van der Waals surface area contributed by atoms with E-state index in [4.69, 9.17) is 21.7 Å². The minimum Gasteiger partial charge on any atom is -0.454 e. The van der Waals surface area contributed by atoms with Crippen LogP contribution in [0.15, 0.2) is 23.1 Å². The van der Waals surface area contributed by atoms with Gasteiger partial charge in [0.1, 0.15) is 4.32 Å². The monoisotopic (exact) mass is 390 g/mol. The largest absolute Gasteiger partial charge is 0.454 e. The lowest BCUT2D eigenvalue weighted by molar-refractivity contribution is -0.130. The second kappa shape index (κ2) is 7.28. The molecule has 2 fully saturated rings. The van der Waals surface area contributed by atoms with Gasteiger partial charge in [0.2, 0.25) is 12.7 Å². The zero-order valence-corrected chi connectivity index (χ0v) is 15.7. The van der Waals surface area contributed by atoms with Gasteiger partial charge in [0.25, 0.3) is 5.91 Å². The summed E-state index contributed by atoms with van der Waals surface area (Å²) in [5.41, 5.74) is 0.850. The molecular weight excluding hydrogens is 372 g/mol. The SMILES string of the molecule is O=C(CCN1C(=O)C(=Cc2ccc3c(c2)OCO3)SC1=S)N1CCCC1. The molecule has 2 saturated heterocycles. The standard InChI is InChI=1S/C18H18N2O4S2/c21-16(19-6-1-2-7-19)5-8-20-17(22)15(26-18(20)25)10-12-3-4-13-14(9-12)24-11-23-13/h3-4,9-10H,1-2,5-8,11H2. The van der Waals surface area contributed by atoms with E-state index in [0.29, 0.717) is 33.7 Å². The highest BCUT2D eigenvalue weighted by Crippen LogP contribution is 2.36. The summed E-state index contributed by atoms with van der Waals surface area (Å²) in [7, 11) is 0. The number of likely N-dealkylation sites (tertiary alicyclic amines) is 1. The molecule has 1 aromatic carbocycles. The number of nitrogens with zero attached hydrogens (tertiary/aromatic N) is 2. The molecule has 3 aliphatic heterocycles. The molecule has 0 spiro atoms. The third-order valence-electron chi connectivity index (χ3n) is 4.58. The predicted octanol–water partition coefficient (Wildman–Crippen LogP) is 2.63. The number of thiocarbonyl (C=S) groups is 1. The van der Waals surface area contributed by atoms with Gasteiger partial charge in [-0.05, 0) is 36.6 Å². The molecule has 6 nitrogen and oxygen atoms in total. The van der Waals surface area contributed by atoms with E-state index >= 15 is 0 Å². The second-order valence-corrected chi connectivity index (χ2v) is 7.96. The van der Waals surface area contributed by atoms with Gasteiger partial charge in [-0.2, -0.15) is 0 Å². The molecule has 0 aliphatic carbocycles. The van der Waals surface area contributed by atoms with Crippen LogP contribution in [0.2, 0.25) is 0 Å². The molecule has 0 bridgehead atoms. The van der Waals surface area contributed by atoms with Gasteiger partial charge < -0.3 is 14.4 Å². The van der Waals surface area contributed by atoms with Crippen molar-refractivity contribution < 1.29 is 19.1 Å². The van der Waals surface area contributed by atoms with Crippen molar-refractivity contribution in [1.82, 2.24) is 9.80 Å². The van der Waals surface area contributed by atoms with E-state index in [-0.39, 0.29) is 18.6 Å². The van der Waals surface area contributed by atoms with E-state index in [2.05, 4.69) is 0 Å². The van der Waals surface area contributed by atoms with Gasteiger partial charge in [0, 0.05) is 26.1 Å². The van der Waals surface area contributed by atoms with Crippen molar-refractivity contribution in [1.29, 1.82) is 0 Å². The van der Waals surface area contributed by atoms with Crippen LogP contribution < -0.4 is 9.47 Å². The molecule has 3 aliphatic rings. The fourth-order valence-corrected chi connectivity index (χ4v) is 4.49. The fraction of sp³-hybridized carbons (Fsp3) is 0.389. The molecule has 0 radical (unpaired) electrons. The Labute approximate surface area is 161 Å². The first-order chi connectivity index (χ1) is 12.6. The molecule has 26 heavy (non-hydrogen) atoms. The Kier molecular flexibility index (Phi) is 4.86. The van der Waals surface area contributed by atoms with Crippen LogP contribution in [0.25, 0.3) is 6.08 Å². The van der Waals surface area contributed by atoms with Crippen molar-refractivity contribution in [2.24, 2.45) is 0 Å². The number of hydrogen-bond acceptors (Lipinski definition) is 6. The zero-order valence-electron chi connectivity index (χ0n) is 14.1. The van der Waals surface area contributed by atoms with Gasteiger partial charge in [-0.1, -0.05) is 30.0 Å². The van der Waals surface area contributed by atoms with Crippen molar-refractivity contribution in [2.45, 2.75) is 19.3 Å². The lowest BCUT2D eigenvalue weighted by Crippen LogP contribution is -2.34. The van der Waals surface area contributed by atoms with Crippen LogP contribution in [0.3, 0.4) is 0 Å². The Morgan fingerprint density at radius 2 is 2.00 bits per heavy atom. The summed E-state index contributed by atoms with van der Waals surface area (Å²) in [6, 6.07) is 5.53. The highest BCUT2D eigenvalue weighted by atomic mass is 32.2. The average Bonchev–Trinajstić information content (AvgIpc) is 3.36. The Morgan fingerprint density at radius 3 is 2.81 bits per heavy atom. The van der Waals surface area contributed by atoms with Crippen molar-refractivity contribution in [2.75, 3.05) is 26.4 Å². The Balaban J connectivity index is 1.42. The van der Waals surface area contributed by atoms with Crippen LogP contribution in [0, 0.1) is 0 Å². The van der Waals surface area contributed by atoms with E-state index in [1.807, 2.05) is 23.1 Å². The molecule has 0 N–H and O–H groups in total. The highest BCUT2D eigenvalue weighted by molar-refractivity contribution is 8.26. The number of rotatable bonds is 4. The van der Waals surface area contributed by atoms with E-state index in [1.54, 1.807) is 6.08 Å². The maximum Gasteiger partial charge on any atom is 0.266 e. The molecule has 0 aromatic heterocycles. The van der Waals surface area contributed by atoms with Crippen molar-refractivity contribution >= 4 is 46.2 Å². The van der Waals surface area contributed by atoms with Crippen LogP contribution in [0.1, 0.15) is 24.8 Å². The quantitative estimate of drug-likeness (QED) is 0.582. The topological polar surface area (TPSA) is 59.1 Å². The molecule has 2 amide bonds. The number of amides is 2. The van der Waals surface area contributed by atoms with Gasteiger partial charge in [-0.3, -0.25) is 14.5 Å². The number of fused-ring (bicyclic) bond motifs is 1. The Bertz CT molecular complexity index is 802. The van der Waals surface area contributed by atoms with Crippen molar-refractivity contribution in [3.63, 3.8) is 0 Å². The Morgan fingerprint density at radius 1 is 1.23 bits per heavy atom. The van der Waals surface area contributed by atoms with Gasteiger partial charge >= 0.3 is 0 Å². The number of thioether (sulfide) groups is 1. The van der Waals surface area contributed by atoms with Crippen LogP contribution in [0.4, 0.5) is 0 Å². The van der Waals surface area contributed by atoms with Gasteiger partial charge in [-0.25, -0.2) is 0 Å². The van der Waals surface area contributed by atoms with Crippen molar-refractivity contribution in [3.05, 3.63) is 28.7 Å². The minimum atomic E-state index is -0.146. The lowest BCUT2D eigenvalue weighted by atomic mass is 10.2. The maximum absolute atomic E-state index is 12.7. The third-order valence-corrected chi connectivity index (χ3v) is 5.95. The van der Waals surface area contributed by atoms with Crippen molar-refractivity contribution in [3.8, 4) is 11.5 Å². The smallest absolute Gasteiger partial charge is 0.266 e. The molecule has 4 rings (SSSR count). The summed E-state index contributed by atoms with van der Waals surface area (Å²) in [5, 5.41) is 0. The number of carbonyl (C=O) groups is 2. The van der Waals surface area contributed by atoms with Gasteiger partial charge in [-0.15, -0.1) is 0 Å². The highest BCUT2D eigenvalue weighted by Gasteiger charge is 2.32.